The van der Waals surface area contributed by atoms with Crippen LogP contribution in [0, 0.1) is 0 Å². The zero-order chi connectivity index (χ0) is 17.5. The van der Waals surface area contributed by atoms with Gasteiger partial charge in [0.15, 0.2) is 0 Å². The number of hydroxylamine groups is 1. The molecule has 0 unspecified atom stereocenters. The Morgan fingerprint density at radius 2 is 1.79 bits per heavy atom. The summed E-state index contributed by atoms with van der Waals surface area (Å²) in [6, 6.07) is 11.8. The molecule has 0 aliphatic carbocycles. The monoisotopic (exact) mass is 348 g/mol. The van der Waals surface area contributed by atoms with Gasteiger partial charge in [0.05, 0.1) is 19.9 Å². The molecule has 0 radical (unpaired) electrons. The molecule has 2 aromatic carbocycles. The summed E-state index contributed by atoms with van der Waals surface area (Å²) in [4.78, 5) is 21.4. The standard InChI is InChI=1S/C17H17ClN2O4/c1-11(19-13-6-4-12(18)5-7-13)20-24-17(21)15-9-8-14(22-2)10-16(15)23-3/h4-10H,1-3H3,(H,19,20). The Morgan fingerprint density at radius 3 is 2.42 bits per heavy atom. The van der Waals surface area contributed by atoms with Gasteiger partial charge in [-0.2, -0.15) is 0 Å². The zero-order valence-corrected chi connectivity index (χ0v) is 14.3. The third-order valence-electron chi connectivity index (χ3n) is 3.04. The smallest absolute Gasteiger partial charge is 0.366 e. The lowest BCUT2D eigenvalue weighted by Crippen LogP contribution is -2.25. The van der Waals surface area contributed by atoms with Crippen LogP contribution in [0.2, 0.25) is 5.02 Å². The SMILES string of the molecule is COc1ccc(C(=O)ONC(C)=Nc2ccc(Cl)cc2)c(OC)c1. The average Bonchev–Trinajstić information content (AvgIpc) is 2.61. The minimum atomic E-state index is -0.597. The van der Waals surface area contributed by atoms with Crippen molar-refractivity contribution >= 4 is 29.1 Å². The largest absolute Gasteiger partial charge is 0.497 e. The molecule has 7 heteroatoms. The fourth-order valence-electron chi connectivity index (χ4n) is 1.87. The molecule has 126 valence electrons. The lowest BCUT2D eigenvalue weighted by molar-refractivity contribution is 0.0381. The van der Waals surface area contributed by atoms with E-state index in [-0.39, 0.29) is 5.56 Å². The second kappa shape index (κ2) is 8.21. The van der Waals surface area contributed by atoms with E-state index < -0.39 is 5.97 Å². The topological polar surface area (TPSA) is 69.2 Å². The molecular formula is C17H17ClN2O4. The lowest BCUT2D eigenvalue weighted by Gasteiger charge is -2.10. The fraction of sp³-hybridized carbons (Fsp3) is 0.176. The Bertz CT molecular complexity index is 745. The summed E-state index contributed by atoms with van der Waals surface area (Å²) < 4.78 is 10.3. The molecule has 0 atom stereocenters. The summed E-state index contributed by atoms with van der Waals surface area (Å²) in [6.45, 7) is 1.67. The number of hydrogen-bond acceptors (Lipinski definition) is 5. The van der Waals surface area contributed by atoms with Gasteiger partial charge in [-0.1, -0.05) is 11.6 Å². The normalized spacial score (nSPS) is 10.9. The molecule has 2 aromatic rings. The Hall–Kier alpha value is -2.73. The van der Waals surface area contributed by atoms with Crippen molar-refractivity contribution in [1.82, 2.24) is 5.48 Å². The number of halogens is 1. The quantitative estimate of drug-likeness (QED) is 0.517. The van der Waals surface area contributed by atoms with Gasteiger partial charge in [0.1, 0.15) is 22.9 Å². The van der Waals surface area contributed by atoms with Crippen LogP contribution in [0.4, 0.5) is 5.69 Å². The van der Waals surface area contributed by atoms with Crippen LogP contribution in [0.3, 0.4) is 0 Å². The highest BCUT2D eigenvalue weighted by atomic mass is 35.5. The Morgan fingerprint density at radius 1 is 1.08 bits per heavy atom. The molecule has 1 N–H and O–H groups in total. The number of carbonyl (C=O) groups is 1. The maximum atomic E-state index is 12.1. The molecule has 0 saturated heterocycles. The number of hydrogen-bond donors (Lipinski definition) is 1. The number of ether oxygens (including phenoxy) is 2. The Balaban J connectivity index is 2.03. The van der Waals surface area contributed by atoms with E-state index in [0.29, 0.717) is 28.0 Å². The molecule has 0 aliphatic heterocycles. The van der Waals surface area contributed by atoms with Crippen molar-refractivity contribution in [2.45, 2.75) is 6.92 Å². The van der Waals surface area contributed by atoms with E-state index in [4.69, 9.17) is 25.9 Å². The zero-order valence-electron chi connectivity index (χ0n) is 13.5. The fourth-order valence-corrected chi connectivity index (χ4v) is 2.00. The van der Waals surface area contributed by atoms with Crippen molar-refractivity contribution in [3.8, 4) is 11.5 Å². The lowest BCUT2D eigenvalue weighted by atomic mass is 10.2. The van der Waals surface area contributed by atoms with E-state index in [1.807, 2.05) is 0 Å². The van der Waals surface area contributed by atoms with Gasteiger partial charge in [0, 0.05) is 11.1 Å². The summed E-state index contributed by atoms with van der Waals surface area (Å²) in [5.74, 6) is 0.753. The molecule has 0 fully saturated rings. The first kappa shape index (κ1) is 17.6. The molecule has 0 aromatic heterocycles. The molecule has 0 aliphatic rings. The molecule has 6 nitrogen and oxygen atoms in total. The maximum Gasteiger partial charge on any atom is 0.366 e. The highest BCUT2D eigenvalue weighted by Crippen LogP contribution is 2.25. The van der Waals surface area contributed by atoms with Crippen molar-refractivity contribution in [1.29, 1.82) is 0 Å². The van der Waals surface area contributed by atoms with Crippen LogP contribution < -0.4 is 15.0 Å². The van der Waals surface area contributed by atoms with E-state index in [2.05, 4.69) is 10.5 Å². The van der Waals surface area contributed by atoms with Crippen LogP contribution in [0.5, 0.6) is 11.5 Å². The van der Waals surface area contributed by atoms with Gasteiger partial charge in [-0.3, -0.25) is 0 Å². The van der Waals surface area contributed by atoms with Crippen molar-refractivity contribution in [3.05, 3.63) is 53.1 Å². The van der Waals surface area contributed by atoms with Crippen LogP contribution in [-0.2, 0) is 4.84 Å². The number of amidine groups is 1. The molecule has 0 bridgehead atoms. The highest BCUT2D eigenvalue weighted by Gasteiger charge is 2.15. The van der Waals surface area contributed by atoms with Crippen molar-refractivity contribution in [2.75, 3.05) is 14.2 Å². The predicted molar refractivity (Wildman–Crippen MR) is 92.3 cm³/mol. The average molecular weight is 349 g/mol. The molecule has 2 rings (SSSR count). The maximum absolute atomic E-state index is 12.1. The molecule has 0 heterocycles. The second-order valence-electron chi connectivity index (χ2n) is 4.73. The van der Waals surface area contributed by atoms with Crippen LogP contribution >= 0.6 is 11.6 Å². The predicted octanol–water partition coefficient (Wildman–Crippen LogP) is 3.77. The van der Waals surface area contributed by atoms with Gasteiger partial charge < -0.3 is 14.3 Å². The van der Waals surface area contributed by atoms with Crippen molar-refractivity contribution in [2.24, 2.45) is 4.99 Å². The van der Waals surface area contributed by atoms with E-state index in [1.165, 1.54) is 14.2 Å². The summed E-state index contributed by atoms with van der Waals surface area (Å²) in [6.07, 6.45) is 0. The number of benzene rings is 2. The van der Waals surface area contributed by atoms with Gasteiger partial charge in [-0.15, -0.1) is 0 Å². The minimum Gasteiger partial charge on any atom is -0.497 e. The summed E-state index contributed by atoms with van der Waals surface area (Å²) >= 11 is 5.81. The molecule has 0 amide bonds. The summed E-state index contributed by atoms with van der Waals surface area (Å²) in [5.41, 5.74) is 3.46. The number of nitrogens with zero attached hydrogens (tertiary/aromatic N) is 1. The Kier molecular flexibility index (Phi) is 6.03. The van der Waals surface area contributed by atoms with E-state index in [0.717, 1.165) is 0 Å². The summed E-state index contributed by atoms with van der Waals surface area (Å²) in [5, 5.41) is 0.623. The first-order chi connectivity index (χ1) is 11.5. The van der Waals surface area contributed by atoms with Gasteiger partial charge in [-0.05, 0) is 43.3 Å². The molecule has 24 heavy (non-hydrogen) atoms. The third kappa shape index (κ3) is 4.63. The minimum absolute atomic E-state index is 0.269. The summed E-state index contributed by atoms with van der Waals surface area (Å²) in [7, 11) is 3.00. The highest BCUT2D eigenvalue weighted by molar-refractivity contribution is 6.30. The van der Waals surface area contributed by atoms with Crippen LogP contribution in [0.1, 0.15) is 17.3 Å². The number of methoxy groups -OCH3 is 2. The van der Waals surface area contributed by atoms with E-state index in [1.54, 1.807) is 49.4 Å². The van der Waals surface area contributed by atoms with Crippen molar-refractivity contribution < 1.29 is 19.1 Å². The van der Waals surface area contributed by atoms with Gasteiger partial charge in [-0.25, -0.2) is 15.3 Å². The molecular weight excluding hydrogens is 332 g/mol. The van der Waals surface area contributed by atoms with E-state index >= 15 is 0 Å². The molecule has 0 saturated carbocycles. The van der Waals surface area contributed by atoms with Crippen LogP contribution in [0.15, 0.2) is 47.5 Å². The second-order valence-corrected chi connectivity index (χ2v) is 5.17. The first-order valence-electron chi connectivity index (χ1n) is 7.03. The number of aliphatic imine (C=N–C) groups is 1. The Labute approximate surface area is 145 Å². The van der Waals surface area contributed by atoms with Gasteiger partial charge in [0.25, 0.3) is 0 Å². The number of carbonyl (C=O) groups excluding carboxylic acids is 1. The van der Waals surface area contributed by atoms with Crippen LogP contribution in [-0.4, -0.2) is 26.0 Å². The first-order valence-corrected chi connectivity index (χ1v) is 7.41. The van der Waals surface area contributed by atoms with E-state index in [9.17, 15) is 4.79 Å². The molecule has 0 spiro atoms. The number of nitrogens with one attached hydrogen (secondary N) is 1. The van der Waals surface area contributed by atoms with Gasteiger partial charge >= 0.3 is 5.97 Å². The van der Waals surface area contributed by atoms with Gasteiger partial charge in [0.2, 0.25) is 0 Å². The van der Waals surface area contributed by atoms with Crippen LogP contribution in [0.25, 0.3) is 0 Å². The van der Waals surface area contributed by atoms with Crippen molar-refractivity contribution in [3.63, 3.8) is 0 Å². The third-order valence-corrected chi connectivity index (χ3v) is 3.30. The number of rotatable bonds is 4.